The van der Waals surface area contributed by atoms with Gasteiger partial charge in [-0.15, -0.1) is 6.42 Å². The molecule has 0 amide bonds. The quantitative estimate of drug-likeness (QED) is 0.363. The van der Waals surface area contributed by atoms with Crippen LogP contribution in [0, 0.1) is 23.7 Å². The van der Waals surface area contributed by atoms with Crippen LogP contribution in [0.15, 0.2) is 55.1 Å². The van der Waals surface area contributed by atoms with E-state index in [1.54, 1.807) is 30.8 Å². The number of ether oxygens (including phenoxy) is 1. The van der Waals surface area contributed by atoms with Gasteiger partial charge < -0.3 is 20.1 Å². The normalized spacial score (nSPS) is 14.2. The van der Waals surface area contributed by atoms with Crippen molar-refractivity contribution in [1.29, 1.82) is 5.26 Å². The zero-order valence-electron chi connectivity index (χ0n) is 21.4. The average molecular weight is 508 g/mol. The summed E-state index contributed by atoms with van der Waals surface area (Å²) in [6.07, 6.45) is 14.2. The molecule has 4 aromatic heterocycles. The lowest BCUT2D eigenvalue weighted by molar-refractivity contribution is 0.0283. The highest BCUT2D eigenvalue weighted by Crippen LogP contribution is 2.32. The molecule has 5 rings (SSSR count). The highest BCUT2D eigenvalue weighted by Gasteiger charge is 2.21. The van der Waals surface area contributed by atoms with Crippen LogP contribution in [0.5, 0.6) is 5.75 Å². The zero-order chi connectivity index (χ0) is 26.7. The van der Waals surface area contributed by atoms with E-state index in [1.807, 2.05) is 36.5 Å². The molecule has 9 nitrogen and oxygen atoms in total. The van der Waals surface area contributed by atoms with E-state index in [0.717, 1.165) is 48.6 Å². The highest BCUT2D eigenvalue weighted by molar-refractivity contribution is 5.85. The molecule has 1 fully saturated rings. The Kier molecular flexibility index (Phi) is 6.87. The number of terminal acetylenes is 1. The fraction of sp³-hybridized carbons (Fsp3) is 0.310. The number of nitrogens with zero attached hydrogens (tertiary/aromatic N) is 6. The molecule has 0 atom stereocenters. The molecule has 38 heavy (non-hydrogen) atoms. The maximum absolute atomic E-state index is 10.1. The molecule has 0 radical (unpaired) electrons. The largest absolute Gasteiger partial charge is 0.489 e. The minimum atomic E-state index is -0.979. The van der Waals surface area contributed by atoms with Crippen LogP contribution in [0.2, 0.25) is 0 Å². The van der Waals surface area contributed by atoms with Gasteiger partial charge in [-0.2, -0.15) is 10.4 Å². The smallest absolute Gasteiger partial charge is 0.138 e. The molecule has 5 heterocycles. The van der Waals surface area contributed by atoms with Crippen molar-refractivity contribution >= 4 is 17.0 Å². The Bertz CT molecular complexity index is 1500. The Morgan fingerprint density at radius 3 is 2.61 bits per heavy atom. The number of piperidine rings is 1. The lowest BCUT2D eigenvalue weighted by Gasteiger charge is -2.33. The van der Waals surface area contributed by atoms with Gasteiger partial charge in [-0.1, -0.05) is 5.92 Å². The van der Waals surface area contributed by atoms with Crippen LogP contribution < -0.4 is 15.0 Å². The fourth-order valence-corrected chi connectivity index (χ4v) is 4.52. The minimum Gasteiger partial charge on any atom is -0.489 e. The molecule has 2 N–H and O–H groups in total. The monoisotopic (exact) mass is 507 g/mol. The molecule has 0 unspecified atom stereocenters. The first-order valence-corrected chi connectivity index (χ1v) is 12.5. The van der Waals surface area contributed by atoms with E-state index in [2.05, 4.69) is 32.3 Å². The number of pyridine rings is 3. The van der Waals surface area contributed by atoms with Crippen LogP contribution in [-0.2, 0) is 0 Å². The summed E-state index contributed by atoms with van der Waals surface area (Å²) in [6.45, 7) is 5.25. The van der Waals surface area contributed by atoms with E-state index < -0.39 is 5.60 Å². The Morgan fingerprint density at radius 2 is 1.97 bits per heavy atom. The van der Waals surface area contributed by atoms with E-state index in [1.165, 1.54) is 6.20 Å². The topological polar surface area (TPSA) is 112 Å². The number of nitriles is 1. The predicted octanol–water partition coefficient (Wildman–Crippen LogP) is 3.87. The van der Waals surface area contributed by atoms with Crippen molar-refractivity contribution < 1.29 is 9.84 Å². The summed E-state index contributed by atoms with van der Waals surface area (Å²) in [7, 11) is 0. The van der Waals surface area contributed by atoms with Crippen LogP contribution in [-0.4, -0.2) is 56.0 Å². The molecular weight excluding hydrogens is 478 g/mol. The van der Waals surface area contributed by atoms with Gasteiger partial charge in [0.15, 0.2) is 0 Å². The summed E-state index contributed by atoms with van der Waals surface area (Å²) < 4.78 is 7.46. The van der Waals surface area contributed by atoms with Gasteiger partial charge >= 0.3 is 0 Å². The third-order valence-corrected chi connectivity index (χ3v) is 6.46. The predicted molar refractivity (Wildman–Crippen MR) is 146 cm³/mol. The van der Waals surface area contributed by atoms with Crippen molar-refractivity contribution in [3.8, 4) is 35.3 Å². The van der Waals surface area contributed by atoms with Gasteiger partial charge in [0.05, 0.1) is 41.0 Å². The molecule has 1 aliphatic rings. The number of hydrogen-bond donors (Lipinski definition) is 2. The maximum atomic E-state index is 10.1. The summed E-state index contributed by atoms with van der Waals surface area (Å²) in [5.74, 6) is 3.99. The molecule has 0 saturated carbocycles. The molecule has 9 heteroatoms. The lowest BCUT2D eigenvalue weighted by Crippen LogP contribution is -2.39. The Balaban J connectivity index is 1.31. The average Bonchev–Trinajstić information content (AvgIpc) is 3.35. The van der Waals surface area contributed by atoms with E-state index in [4.69, 9.17) is 16.1 Å². The van der Waals surface area contributed by atoms with Gasteiger partial charge in [0, 0.05) is 36.5 Å². The number of aromatic nitrogens is 4. The third-order valence-electron chi connectivity index (χ3n) is 6.46. The number of nitrogens with one attached hydrogen (secondary N) is 1. The number of rotatable bonds is 7. The summed E-state index contributed by atoms with van der Waals surface area (Å²) in [6, 6.07) is 12.3. The van der Waals surface area contributed by atoms with Crippen LogP contribution in [0.25, 0.3) is 16.6 Å². The first-order chi connectivity index (χ1) is 18.3. The van der Waals surface area contributed by atoms with E-state index in [9.17, 15) is 10.4 Å². The van der Waals surface area contributed by atoms with Crippen molar-refractivity contribution in [3.05, 3.63) is 66.4 Å². The maximum Gasteiger partial charge on any atom is 0.138 e. The second-order valence-electron chi connectivity index (χ2n) is 10.0. The third kappa shape index (κ3) is 5.54. The number of fused-ring (bicyclic) bond motifs is 1. The number of aliphatic hydroxyl groups is 1. The fourth-order valence-electron chi connectivity index (χ4n) is 4.52. The Labute approximate surface area is 221 Å². The molecule has 192 valence electrons. The van der Waals surface area contributed by atoms with Gasteiger partial charge in [0.25, 0.3) is 0 Å². The number of anilines is 2. The summed E-state index contributed by atoms with van der Waals surface area (Å²) in [5, 5.41) is 27.6. The lowest BCUT2D eigenvalue weighted by atomic mass is 10.0. The van der Waals surface area contributed by atoms with E-state index in [0.29, 0.717) is 28.6 Å². The first kappa shape index (κ1) is 25.1. The molecular formula is C29H29N7O2. The van der Waals surface area contributed by atoms with Gasteiger partial charge in [-0.05, 0) is 57.0 Å². The second-order valence-corrected chi connectivity index (χ2v) is 10.0. The van der Waals surface area contributed by atoms with Gasteiger partial charge in [0.1, 0.15) is 29.9 Å². The van der Waals surface area contributed by atoms with Crippen LogP contribution in [0.4, 0.5) is 11.5 Å². The molecule has 0 aromatic carbocycles. The van der Waals surface area contributed by atoms with Crippen LogP contribution >= 0.6 is 0 Å². The van der Waals surface area contributed by atoms with Crippen LogP contribution in [0.3, 0.4) is 0 Å². The van der Waals surface area contributed by atoms with Crippen molar-refractivity contribution in [3.63, 3.8) is 0 Å². The standard InChI is InChI=1S/C29H29N7O2/c1-4-22-6-7-24(17-31-22)34-23-9-11-35(12-10-23)27-8-5-20(15-32-27)26-13-25(38-19-29(2,3)37)18-36-28(26)21(14-30)16-33-36/h1,5-8,13,15-18,23,34,37H,9-12,19H2,2-3H3. The summed E-state index contributed by atoms with van der Waals surface area (Å²) in [5.41, 5.74) is 3.42. The molecule has 0 bridgehead atoms. The number of hydrogen-bond acceptors (Lipinski definition) is 8. The summed E-state index contributed by atoms with van der Waals surface area (Å²) in [4.78, 5) is 11.3. The van der Waals surface area contributed by atoms with Crippen LogP contribution in [0.1, 0.15) is 37.9 Å². The first-order valence-electron chi connectivity index (χ1n) is 12.5. The summed E-state index contributed by atoms with van der Waals surface area (Å²) >= 11 is 0. The minimum absolute atomic E-state index is 0.124. The molecule has 4 aromatic rings. The second kappa shape index (κ2) is 10.4. The highest BCUT2D eigenvalue weighted by atomic mass is 16.5. The van der Waals surface area contributed by atoms with Gasteiger partial charge in [-0.3, -0.25) is 0 Å². The van der Waals surface area contributed by atoms with Crippen molar-refractivity contribution in [2.24, 2.45) is 0 Å². The molecule has 0 aliphatic carbocycles. The van der Waals surface area contributed by atoms with E-state index in [-0.39, 0.29) is 6.61 Å². The van der Waals surface area contributed by atoms with Crippen molar-refractivity contribution in [2.45, 2.75) is 38.3 Å². The van der Waals surface area contributed by atoms with Crippen molar-refractivity contribution in [1.82, 2.24) is 19.6 Å². The van der Waals surface area contributed by atoms with Gasteiger partial charge in [-0.25, -0.2) is 14.5 Å². The zero-order valence-corrected chi connectivity index (χ0v) is 21.4. The molecule has 1 saturated heterocycles. The Morgan fingerprint density at radius 1 is 1.16 bits per heavy atom. The van der Waals surface area contributed by atoms with Crippen molar-refractivity contribution in [2.75, 3.05) is 29.9 Å². The molecule has 1 aliphatic heterocycles. The Hall–Kier alpha value is -4.60. The SMILES string of the molecule is C#Cc1ccc(NC2CCN(c3ccc(-c4cc(OCC(C)(C)O)cn5ncc(C#N)c45)cn3)CC2)cn1. The molecule has 0 spiro atoms. The van der Waals surface area contributed by atoms with E-state index >= 15 is 0 Å². The van der Waals surface area contributed by atoms with Gasteiger partial charge in [0.2, 0.25) is 0 Å².